The lowest BCUT2D eigenvalue weighted by molar-refractivity contribution is -0.0395. The molecule has 4 bridgehead atoms. The molecule has 0 spiro atoms. The SMILES string of the molecule is O=C1Nc2cn(C3CCCCO3)nc2C(=O)CCCOCCOc2cc(ccn2)-c2nc1cs2. The highest BCUT2D eigenvalue weighted by Crippen LogP contribution is 2.28. The van der Waals surface area contributed by atoms with E-state index in [4.69, 9.17) is 14.2 Å². The van der Waals surface area contributed by atoms with E-state index in [-0.39, 0.29) is 29.8 Å². The molecule has 5 rings (SSSR count). The first kappa shape index (κ1) is 22.6. The van der Waals surface area contributed by atoms with Gasteiger partial charge in [0.05, 0.1) is 18.5 Å². The van der Waals surface area contributed by atoms with Crippen LogP contribution in [0.5, 0.6) is 5.88 Å². The smallest absolute Gasteiger partial charge is 0.275 e. The van der Waals surface area contributed by atoms with E-state index >= 15 is 0 Å². The number of carbonyl (C=O) groups excluding carboxylic acids is 2. The number of fused-ring (bicyclic) bond motifs is 6. The predicted molar refractivity (Wildman–Crippen MR) is 124 cm³/mol. The van der Waals surface area contributed by atoms with Crippen molar-refractivity contribution >= 4 is 28.7 Å². The molecule has 0 saturated carbocycles. The first-order chi connectivity index (χ1) is 16.7. The lowest BCUT2D eigenvalue weighted by atomic mass is 10.1. The zero-order valence-corrected chi connectivity index (χ0v) is 19.4. The van der Waals surface area contributed by atoms with E-state index in [1.54, 1.807) is 28.5 Å². The lowest BCUT2D eigenvalue weighted by Gasteiger charge is -2.22. The molecule has 2 aliphatic heterocycles. The Morgan fingerprint density at radius 2 is 2.06 bits per heavy atom. The summed E-state index contributed by atoms with van der Waals surface area (Å²) in [6, 6.07) is 3.60. The average Bonchev–Trinajstić information content (AvgIpc) is 3.52. The minimum atomic E-state index is -0.407. The van der Waals surface area contributed by atoms with Crippen LogP contribution in [0.1, 0.15) is 59.3 Å². The number of nitrogens with one attached hydrogen (secondary N) is 1. The van der Waals surface area contributed by atoms with Gasteiger partial charge in [0.2, 0.25) is 5.88 Å². The fourth-order valence-electron chi connectivity index (χ4n) is 3.85. The number of Topliss-reactive ketones (excluding diaryl/α,β-unsaturated/α-hetero) is 1. The van der Waals surface area contributed by atoms with Crippen LogP contribution in [-0.2, 0) is 9.47 Å². The number of anilines is 1. The second kappa shape index (κ2) is 10.4. The molecule has 1 fully saturated rings. The van der Waals surface area contributed by atoms with Crippen molar-refractivity contribution in [2.24, 2.45) is 0 Å². The molecule has 0 radical (unpaired) electrons. The van der Waals surface area contributed by atoms with Gasteiger partial charge in [0.25, 0.3) is 5.91 Å². The van der Waals surface area contributed by atoms with Crippen molar-refractivity contribution in [2.75, 3.05) is 31.7 Å². The minimum Gasteiger partial charge on any atom is -0.475 e. The minimum absolute atomic E-state index is 0.163. The normalized spacial score (nSPS) is 19.9. The van der Waals surface area contributed by atoms with Crippen LogP contribution in [0.25, 0.3) is 10.6 Å². The van der Waals surface area contributed by atoms with E-state index in [2.05, 4.69) is 20.4 Å². The summed E-state index contributed by atoms with van der Waals surface area (Å²) >= 11 is 1.34. The lowest BCUT2D eigenvalue weighted by Crippen LogP contribution is -2.19. The first-order valence-corrected chi connectivity index (χ1v) is 12.2. The van der Waals surface area contributed by atoms with E-state index in [0.29, 0.717) is 49.4 Å². The predicted octanol–water partition coefficient (Wildman–Crippen LogP) is 3.72. The first-order valence-electron chi connectivity index (χ1n) is 11.4. The maximum atomic E-state index is 13.0. The Bertz CT molecular complexity index is 1170. The molecule has 11 heteroatoms. The number of hydrogen-bond donors (Lipinski definition) is 1. The third-order valence-electron chi connectivity index (χ3n) is 5.58. The quantitative estimate of drug-likeness (QED) is 0.556. The Balaban J connectivity index is 1.44. The van der Waals surface area contributed by atoms with Gasteiger partial charge in [-0.15, -0.1) is 11.3 Å². The van der Waals surface area contributed by atoms with Crippen molar-refractivity contribution < 1.29 is 23.8 Å². The zero-order chi connectivity index (χ0) is 23.3. The van der Waals surface area contributed by atoms with Gasteiger partial charge >= 0.3 is 0 Å². The largest absolute Gasteiger partial charge is 0.475 e. The maximum absolute atomic E-state index is 13.0. The van der Waals surface area contributed by atoms with Crippen LogP contribution in [-0.4, -0.2) is 57.9 Å². The summed E-state index contributed by atoms with van der Waals surface area (Å²) in [4.78, 5) is 34.7. The number of amides is 1. The van der Waals surface area contributed by atoms with Gasteiger partial charge in [0, 0.05) is 42.8 Å². The van der Waals surface area contributed by atoms with Crippen LogP contribution in [0.2, 0.25) is 0 Å². The molecule has 3 aromatic rings. The van der Waals surface area contributed by atoms with Gasteiger partial charge in [0.15, 0.2) is 11.5 Å². The van der Waals surface area contributed by atoms with Crippen molar-refractivity contribution in [1.82, 2.24) is 19.7 Å². The number of rotatable bonds is 1. The summed E-state index contributed by atoms with van der Waals surface area (Å²) in [5.41, 5.74) is 1.64. The summed E-state index contributed by atoms with van der Waals surface area (Å²) in [6.45, 7) is 1.79. The molecule has 1 atom stereocenters. The molecule has 2 aliphatic rings. The van der Waals surface area contributed by atoms with E-state index in [9.17, 15) is 9.59 Å². The van der Waals surface area contributed by atoms with Crippen LogP contribution in [0.3, 0.4) is 0 Å². The third kappa shape index (κ3) is 5.16. The van der Waals surface area contributed by atoms with Gasteiger partial charge in [-0.3, -0.25) is 9.59 Å². The van der Waals surface area contributed by atoms with Crippen LogP contribution in [0.15, 0.2) is 29.9 Å². The van der Waals surface area contributed by atoms with Gasteiger partial charge in [-0.25, -0.2) is 14.6 Å². The molecular weight excluding hydrogens is 458 g/mol. The summed E-state index contributed by atoms with van der Waals surface area (Å²) in [7, 11) is 0. The Kier molecular flexibility index (Phi) is 6.93. The topological polar surface area (TPSA) is 117 Å². The molecule has 34 heavy (non-hydrogen) atoms. The molecule has 178 valence electrons. The molecule has 3 aromatic heterocycles. The number of ether oxygens (including phenoxy) is 3. The standard InChI is InChI=1S/C23H25N5O5S/c29-18-4-3-8-31-10-11-32-19-12-15(6-7-24-19)23-26-17(14-34-23)22(30)25-16-13-28(27-21(16)18)20-5-1-2-9-33-20/h6-7,12-14,20H,1-5,8-11H2,(H,25,30). The number of hydrogen-bond acceptors (Lipinski definition) is 9. The summed E-state index contributed by atoms with van der Waals surface area (Å²) in [5.74, 6) is -0.111. The number of nitrogens with zero attached hydrogens (tertiary/aromatic N) is 4. The molecule has 1 N–H and O–H groups in total. The molecule has 1 unspecified atom stereocenters. The Morgan fingerprint density at radius 3 is 2.94 bits per heavy atom. The zero-order valence-electron chi connectivity index (χ0n) is 18.6. The van der Waals surface area contributed by atoms with Crippen molar-refractivity contribution in [1.29, 1.82) is 0 Å². The van der Waals surface area contributed by atoms with Gasteiger partial charge in [-0.1, -0.05) is 0 Å². The molecule has 10 nitrogen and oxygen atoms in total. The number of pyridine rings is 1. The molecule has 0 aromatic carbocycles. The number of ketones is 1. The molecule has 5 heterocycles. The Labute approximate surface area is 200 Å². The second-order valence-electron chi connectivity index (χ2n) is 8.05. The summed E-state index contributed by atoms with van der Waals surface area (Å²) in [5, 5.41) is 9.68. The van der Waals surface area contributed by atoms with Crippen molar-refractivity contribution in [3.05, 3.63) is 41.3 Å². The average molecular weight is 484 g/mol. The molecular formula is C23H25N5O5S. The van der Waals surface area contributed by atoms with E-state index < -0.39 is 5.91 Å². The maximum Gasteiger partial charge on any atom is 0.275 e. The number of aromatic nitrogens is 4. The fourth-order valence-corrected chi connectivity index (χ4v) is 4.64. The van der Waals surface area contributed by atoms with Crippen LogP contribution < -0.4 is 10.1 Å². The van der Waals surface area contributed by atoms with Gasteiger partial charge < -0.3 is 19.5 Å². The Morgan fingerprint density at radius 1 is 1.12 bits per heavy atom. The van der Waals surface area contributed by atoms with E-state index in [1.807, 2.05) is 6.07 Å². The number of carbonyl (C=O) groups is 2. The van der Waals surface area contributed by atoms with Gasteiger partial charge in [0.1, 0.15) is 23.5 Å². The monoisotopic (exact) mass is 483 g/mol. The highest BCUT2D eigenvalue weighted by atomic mass is 32.1. The van der Waals surface area contributed by atoms with Gasteiger partial charge in [-0.05, 0) is 31.7 Å². The van der Waals surface area contributed by atoms with Crippen LogP contribution in [0.4, 0.5) is 5.69 Å². The molecule has 1 saturated heterocycles. The fraction of sp³-hybridized carbons (Fsp3) is 0.435. The Hall–Kier alpha value is -3.15. The molecule has 0 aliphatic carbocycles. The van der Waals surface area contributed by atoms with Crippen molar-refractivity contribution in [2.45, 2.75) is 38.3 Å². The summed E-state index contributed by atoms with van der Waals surface area (Å²) < 4.78 is 18.7. The van der Waals surface area contributed by atoms with Crippen LogP contribution >= 0.6 is 11.3 Å². The number of thiazole rings is 1. The van der Waals surface area contributed by atoms with E-state index in [1.165, 1.54) is 11.3 Å². The highest BCUT2D eigenvalue weighted by molar-refractivity contribution is 7.13. The van der Waals surface area contributed by atoms with Crippen molar-refractivity contribution in [3.63, 3.8) is 0 Å². The third-order valence-corrected chi connectivity index (χ3v) is 6.48. The summed E-state index contributed by atoms with van der Waals surface area (Å²) in [6.07, 6.45) is 6.68. The molecule has 1 amide bonds. The van der Waals surface area contributed by atoms with E-state index in [0.717, 1.165) is 24.8 Å². The van der Waals surface area contributed by atoms with Crippen molar-refractivity contribution in [3.8, 4) is 16.5 Å². The second-order valence-corrected chi connectivity index (χ2v) is 8.91. The highest BCUT2D eigenvalue weighted by Gasteiger charge is 2.24. The van der Waals surface area contributed by atoms with Crippen LogP contribution in [0, 0.1) is 0 Å². The van der Waals surface area contributed by atoms with Gasteiger partial charge in [-0.2, -0.15) is 5.10 Å².